The largest absolute Gasteiger partial charge is 0.465 e. The Morgan fingerprint density at radius 1 is 0.854 bits per heavy atom. The molecule has 0 aliphatic carbocycles. The van der Waals surface area contributed by atoms with E-state index in [4.69, 9.17) is 4.74 Å². The Hall–Kier alpha value is -3.48. The molecular formula is C35H39NO4S. The van der Waals surface area contributed by atoms with Crippen LogP contribution in [0.2, 0.25) is 0 Å². The highest BCUT2D eigenvalue weighted by atomic mass is 32.2. The molecule has 1 aliphatic heterocycles. The van der Waals surface area contributed by atoms with E-state index in [0.717, 1.165) is 48.6 Å². The molecule has 6 heteroatoms. The van der Waals surface area contributed by atoms with Gasteiger partial charge in [-0.3, -0.25) is 0 Å². The minimum absolute atomic E-state index is 0.0340. The minimum Gasteiger partial charge on any atom is -0.465 e. The fraction of sp³-hybridized carbons (Fsp3) is 0.343. The number of rotatable bonds is 10. The molecule has 41 heavy (non-hydrogen) atoms. The van der Waals surface area contributed by atoms with Gasteiger partial charge in [0.25, 0.3) is 0 Å². The van der Waals surface area contributed by atoms with Crippen molar-refractivity contribution < 1.29 is 17.9 Å². The molecule has 0 aromatic heterocycles. The Kier molecular flexibility index (Phi) is 8.91. The van der Waals surface area contributed by atoms with Crippen molar-refractivity contribution >= 4 is 26.8 Å². The lowest BCUT2D eigenvalue weighted by atomic mass is 9.79. The summed E-state index contributed by atoms with van der Waals surface area (Å²) in [5, 5.41) is 2.33. The third-order valence-electron chi connectivity index (χ3n) is 8.50. The molecule has 5 rings (SSSR count). The number of sulfonamides is 1. The number of hydrogen-bond donors (Lipinski definition) is 0. The summed E-state index contributed by atoms with van der Waals surface area (Å²) >= 11 is 0. The van der Waals surface area contributed by atoms with Crippen molar-refractivity contribution in [2.45, 2.75) is 62.8 Å². The second kappa shape index (κ2) is 12.6. The monoisotopic (exact) mass is 569 g/mol. The number of aryl methyl sites for hydroxylation is 1. The Balaban J connectivity index is 1.62. The van der Waals surface area contributed by atoms with Crippen molar-refractivity contribution in [3.63, 3.8) is 0 Å². The van der Waals surface area contributed by atoms with Crippen LogP contribution < -0.4 is 0 Å². The van der Waals surface area contributed by atoms with Crippen LogP contribution in [0.15, 0.2) is 95.9 Å². The van der Waals surface area contributed by atoms with Crippen LogP contribution in [0.5, 0.6) is 0 Å². The van der Waals surface area contributed by atoms with Gasteiger partial charge >= 0.3 is 5.97 Å². The zero-order valence-corrected chi connectivity index (χ0v) is 24.9. The van der Waals surface area contributed by atoms with Gasteiger partial charge in [0.1, 0.15) is 0 Å². The van der Waals surface area contributed by atoms with Crippen LogP contribution in [-0.2, 0) is 14.8 Å². The molecule has 3 atom stereocenters. The number of methoxy groups -OCH3 is 1. The molecule has 0 unspecified atom stereocenters. The van der Waals surface area contributed by atoms with E-state index in [1.165, 1.54) is 18.1 Å². The number of fused-ring (bicyclic) bond motifs is 1. The maximum atomic E-state index is 14.3. The van der Waals surface area contributed by atoms with Gasteiger partial charge in [0, 0.05) is 12.5 Å². The molecule has 5 nitrogen and oxygen atoms in total. The molecule has 4 aromatic carbocycles. The lowest BCUT2D eigenvalue weighted by Crippen LogP contribution is -2.32. The molecule has 1 heterocycles. The van der Waals surface area contributed by atoms with Crippen molar-refractivity contribution in [2.24, 2.45) is 5.92 Å². The first-order valence-corrected chi connectivity index (χ1v) is 16.0. The topological polar surface area (TPSA) is 63.7 Å². The van der Waals surface area contributed by atoms with E-state index < -0.39 is 16.0 Å². The highest BCUT2D eigenvalue weighted by Gasteiger charge is 2.48. The fourth-order valence-corrected chi connectivity index (χ4v) is 7.96. The summed E-state index contributed by atoms with van der Waals surface area (Å²) in [6.07, 6.45) is 5.39. The van der Waals surface area contributed by atoms with Crippen LogP contribution in [0.3, 0.4) is 0 Å². The lowest BCUT2D eigenvalue weighted by Gasteiger charge is -2.29. The van der Waals surface area contributed by atoms with E-state index in [9.17, 15) is 13.2 Å². The Labute approximate surface area is 244 Å². The van der Waals surface area contributed by atoms with Gasteiger partial charge in [0.15, 0.2) is 0 Å². The number of benzene rings is 4. The predicted octanol–water partition coefficient (Wildman–Crippen LogP) is 8.05. The van der Waals surface area contributed by atoms with E-state index in [1.807, 2.05) is 43.3 Å². The van der Waals surface area contributed by atoms with E-state index in [2.05, 4.69) is 37.3 Å². The molecule has 0 saturated carbocycles. The van der Waals surface area contributed by atoms with Crippen LogP contribution in [0.1, 0.15) is 78.0 Å². The van der Waals surface area contributed by atoms with E-state index in [0.29, 0.717) is 17.0 Å². The van der Waals surface area contributed by atoms with E-state index in [1.54, 1.807) is 28.6 Å². The van der Waals surface area contributed by atoms with Gasteiger partial charge in [0.05, 0.1) is 23.6 Å². The number of nitrogens with zero attached hydrogens (tertiary/aromatic N) is 1. The standard InChI is InChI=1S/C35H39NO4S/c1-4-5-6-7-12-32-33(30-20-15-26-10-8-9-11-29(26)23-30)24-36(41(38,39)31-21-13-25(2)14-22-31)34(32)27-16-18-28(19-17-27)35(37)40-3/h8-11,13-23,32-34H,4-7,12,24H2,1-3H3/t32-,33-,34+/m1/s1. The molecule has 0 spiro atoms. The molecule has 4 aromatic rings. The van der Waals surface area contributed by atoms with Crippen molar-refractivity contribution in [2.75, 3.05) is 13.7 Å². The molecule has 0 amide bonds. The van der Waals surface area contributed by atoms with Gasteiger partial charge in [-0.15, -0.1) is 0 Å². The van der Waals surface area contributed by atoms with Crippen molar-refractivity contribution in [1.82, 2.24) is 4.31 Å². The van der Waals surface area contributed by atoms with Gasteiger partial charge in [-0.1, -0.05) is 105 Å². The third kappa shape index (κ3) is 6.09. The van der Waals surface area contributed by atoms with Crippen LogP contribution in [-0.4, -0.2) is 32.3 Å². The summed E-state index contributed by atoms with van der Waals surface area (Å²) in [6.45, 7) is 4.56. The zero-order valence-electron chi connectivity index (χ0n) is 24.1. The molecular weight excluding hydrogens is 530 g/mol. The van der Waals surface area contributed by atoms with E-state index >= 15 is 0 Å². The van der Waals surface area contributed by atoms with Crippen LogP contribution in [0.4, 0.5) is 0 Å². The quantitative estimate of drug-likeness (QED) is 0.143. The maximum Gasteiger partial charge on any atom is 0.337 e. The number of ether oxygens (including phenoxy) is 1. The smallest absolute Gasteiger partial charge is 0.337 e. The zero-order chi connectivity index (χ0) is 29.0. The first-order chi connectivity index (χ1) is 19.8. The molecule has 0 bridgehead atoms. The molecule has 0 N–H and O–H groups in total. The normalized spacial score (nSPS) is 19.4. The first-order valence-electron chi connectivity index (χ1n) is 14.6. The predicted molar refractivity (Wildman–Crippen MR) is 165 cm³/mol. The number of hydrogen-bond acceptors (Lipinski definition) is 4. The summed E-state index contributed by atoms with van der Waals surface area (Å²) < 4.78 is 35.3. The second-order valence-corrected chi connectivity index (χ2v) is 13.1. The minimum atomic E-state index is -3.79. The van der Waals surface area contributed by atoms with Crippen molar-refractivity contribution in [3.05, 3.63) is 113 Å². The lowest BCUT2D eigenvalue weighted by molar-refractivity contribution is 0.0600. The summed E-state index contributed by atoms with van der Waals surface area (Å²) in [5.74, 6) is -0.291. The maximum absolute atomic E-state index is 14.3. The van der Waals surface area contributed by atoms with Gasteiger partial charge in [-0.25, -0.2) is 13.2 Å². The van der Waals surface area contributed by atoms with Crippen LogP contribution in [0.25, 0.3) is 10.8 Å². The highest BCUT2D eigenvalue weighted by molar-refractivity contribution is 7.89. The second-order valence-electron chi connectivity index (χ2n) is 11.2. The van der Waals surface area contributed by atoms with Crippen LogP contribution in [0, 0.1) is 12.8 Å². The molecule has 1 aliphatic rings. The third-order valence-corrected chi connectivity index (χ3v) is 10.4. The number of carbonyl (C=O) groups excluding carboxylic acids is 1. The molecule has 1 saturated heterocycles. The fourth-order valence-electron chi connectivity index (χ4n) is 6.27. The van der Waals surface area contributed by atoms with Gasteiger partial charge < -0.3 is 4.74 Å². The number of carbonyl (C=O) groups is 1. The molecule has 1 fully saturated rings. The Bertz CT molecular complexity index is 1600. The molecule has 214 valence electrons. The van der Waals surface area contributed by atoms with E-state index in [-0.39, 0.29) is 17.9 Å². The van der Waals surface area contributed by atoms with Gasteiger partial charge in [-0.05, 0) is 65.4 Å². The van der Waals surface area contributed by atoms with Gasteiger partial charge in [-0.2, -0.15) is 4.31 Å². The SMILES string of the molecule is CCCCCC[C@@H]1[C@@H](c2ccc3ccccc3c2)CN(S(=O)(=O)c2ccc(C)cc2)[C@H]1c1ccc(C(=O)OC)cc1. The highest BCUT2D eigenvalue weighted by Crippen LogP contribution is 2.50. The summed E-state index contributed by atoms with van der Waals surface area (Å²) in [5.41, 5.74) is 3.54. The number of unbranched alkanes of at least 4 members (excludes halogenated alkanes) is 3. The Morgan fingerprint density at radius 3 is 2.22 bits per heavy atom. The first kappa shape index (κ1) is 29.0. The summed E-state index contributed by atoms with van der Waals surface area (Å²) in [6, 6.07) is 28.9. The van der Waals surface area contributed by atoms with Gasteiger partial charge in [0.2, 0.25) is 10.0 Å². The molecule has 0 radical (unpaired) electrons. The number of esters is 1. The van der Waals surface area contributed by atoms with Crippen molar-refractivity contribution in [3.8, 4) is 0 Å². The summed E-state index contributed by atoms with van der Waals surface area (Å²) in [7, 11) is -2.43. The average Bonchev–Trinajstić information content (AvgIpc) is 3.39. The van der Waals surface area contributed by atoms with Crippen molar-refractivity contribution in [1.29, 1.82) is 0 Å². The summed E-state index contributed by atoms with van der Waals surface area (Å²) in [4.78, 5) is 12.5. The van der Waals surface area contributed by atoms with Crippen LogP contribution >= 0.6 is 0 Å². The average molecular weight is 570 g/mol. The Morgan fingerprint density at radius 2 is 1.54 bits per heavy atom.